The van der Waals surface area contributed by atoms with E-state index in [9.17, 15) is 19.2 Å². The SMILES string of the molecule is CCCNC(=O)CNC(=O)NC(CCC(=O)O)C(=O)O. The van der Waals surface area contributed by atoms with Crippen LogP contribution in [-0.4, -0.2) is 53.2 Å². The summed E-state index contributed by atoms with van der Waals surface area (Å²) in [4.78, 5) is 43.7. The Morgan fingerprint density at radius 1 is 1.10 bits per heavy atom. The Hall–Kier alpha value is -2.32. The largest absolute Gasteiger partial charge is 0.481 e. The van der Waals surface area contributed by atoms with Gasteiger partial charge in [-0.2, -0.15) is 0 Å². The molecular weight excluding hydrogens is 270 g/mol. The van der Waals surface area contributed by atoms with Gasteiger partial charge in [-0.1, -0.05) is 6.92 Å². The van der Waals surface area contributed by atoms with Gasteiger partial charge in [0.1, 0.15) is 6.04 Å². The Kier molecular flexibility index (Phi) is 8.48. The number of rotatable bonds is 9. The van der Waals surface area contributed by atoms with Crippen LogP contribution in [0.5, 0.6) is 0 Å². The molecule has 1 unspecified atom stereocenters. The van der Waals surface area contributed by atoms with Gasteiger partial charge in [-0.05, 0) is 12.8 Å². The molecule has 0 fully saturated rings. The van der Waals surface area contributed by atoms with Crippen molar-refractivity contribution >= 4 is 23.9 Å². The predicted octanol–water partition coefficient (Wildman–Crippen LogP) is -0.870. The van der Waals surface area contributed by atoms with Crippen LogP contribution in [0.2, 0.25) is 0 Å². The first kappa shape index (κ1) is 17.7. The highest BCUT2D eigenvalue weighted by Crippen LogP contribution is 1.97. The number of carbonyl (C=O) groups excluding carboxylic acids is 2. The monoisotopic (exact) mass is 289 g/mol. The molecule has 0 radical (unpaired) electrons. The van der Waals surface area contributed by atoms with Crippen LogP contribution < -0.4 is 16.0 Å². The van der Waals surface area contributed by atoms with Gasteiger partial charge in [0.25, 0.3) is 0 Å². The van der Waals surface area contributed by atoms with Crippen molar-refractivity contribution in [2.75, 3.05) is 13.1 Å². The molecule has 0 spiro atoms. The van der Waals surface area contributed by atoms with Gasteiger partial charge >= 0.3 is 18.0 Å². The first-order chi connectivity index (χ1) is 9.36. The lowest BCUT2D eigenvalue weighted by atomic mass is 10.1. The molecule has 0 rings (SSSR count). The molecule has 5 N–H and O–H groups in total. The van der Waals surface area contributed by atoms with Gasteiger partial charge in [-0.3, -0.25) is 9.59 Å². The highest BCUT2D eigenvalue weighted by molar-refractivity contribution is 5.86. The first-order valence-electron chi connectivity index (χ1n) is 6.12. The normalized spacial score (nSPS) is 11.2. The molecule has 1 atom stereocenters. The molecule has 0 aromatic rings. The molecule has 0 saturated carbocycles. The Bertz CT molecular complexity index is 371. The quantitative estimate of drug-likeness (QED) is 0.373. The maximum absolute atomic E-state index is 11.4. The summed E-state index contributed by atoms with van der Waals surface area (Å²) in [5, 5.41) is 24.1. The van der Waals surface area contributed by atoms with Crippen molar-refractivity contribution in [2.45, 2.75) is 32.2 Å². The fraction of sp³-hybridized carbons (Fsp3) is 0.636. The second-order valence-electron chi connectivity index (χ2n) is 4.00. The van der Waals surface area contributed by atoms with E-state index < -0.39 is 24.0 Å². The molecule has 20 heavy (non-hydrogen) atoms. The molecule has 0 saturated heterocycles. The molecule has 0 aliphatic rings. The van der Waals surface area contributed by atoms with Gasteiger partial charge in [-0.15, -0.1) is 0 Å². The highest BCUT2D eigenvalue weighted by Gasteiger charge is 2.20. The van der Waals surface area contributed by atoms with E-state index in [0.717, 1.165) is 6.42 Å². The third-order valence-electron chi connectivity index (χ3n) is 2.23. The molecule has 114 valence electrons. The molecule has 9 nitrogen and oxygen atoms in total. The van der Waals surface area contributed by atoms with Crippen LogP contribution in [0.15, 0.2) is 0 Å². The number of urea groups is 1. The van der Waals surface area contributed by atoms with Crippen molar-refractivity contribution in [2.24, 2.45) is 0 Å². The molecule has 0 bridgehead atoms. The average molecular weight is 289 g/mol. The zero-order valence-electron chi connectivity index (χ0n) is 11.1. The number of hydrogen-bond acceptors (Lipinski definition) is 4. The maximum atomic E-state index is 11.4. The van der Waals surface area contributed by atoms with Crippen molar-refractivity contribution in [1.82, 2.24) is 16.0 Å². The maximum Gasteiger partial charge on any atom is 0.326 e. The van der Waals surface area contributed by atoms with Gasteiger partial charge in [0.05, 0.1) is 6.54 Å². The summed E-state index contributed by atoms with van der Waals surface area (Å²) < 4.78 is 0. The molecular formula is C11H19N3O6. The summed E-state index contributed by atoms with van der Waals surface area (Å²) in [5.74, 6) is -2.88. The fourth-order valence-electron chi connectivity index (χ4n) is 1.22. The van der Waals surface area contributed by atoms with Crippen LogP contribution in [0.4, 0.5) is 4.79 Å². The lowest BCUT2D eigenvalue weighted by Crippen LogP contribution is -2.48. The van der Waals surface area contributed by atoms with Gasteiger partial charge in [0, 0.05) is 13.0 Å². The third-order valence-corrected chi connectivity index (χ3v) is 2.23. The second-order valence-corrected chi connectivity index (χ2v) is 4.00. The zero-order chi connectivity index (χ0) is 15.5. The van der Waals surface area contributed by atoms with Crippen LogP contribution in [-0.2, 0) is 14.4 Å². The number of carbonyl (C=O) groups is 4. The molecule has 0 aliphatic heterocycles. The summed E-state index contributed by atoms with van der Waals surface area (Å²) in [6.45, 7) is 2.08. The summed E-state index contributed by atoms with van der Waals surface area (Å²) in [6.07, 6.45) is 0.141. The highest BCUT2D eigenvalue weighted by atomic mass is 16.4. The molecule has 3 amide bonds. The van der Waals surface area contributed by atoms with Gasteiger partial charge in [0.2, 0.25) is 5.91 Å². The zero-order valence-corrected chi connectivity index (χ0v) is 11.1. The van der Waals surface area contributed by atoms with E-state index in [4.69, 9.17) is 10.2 Å². The Labute approximate surface area is 115 Å². The van der Waals surface area contributed by atoms with E-state index in [2.05, 4.69) is 16.0 Å². The minimum Gasteiger partial charge on any atom is -0.481 e. The summed E-state index contributed by atoms with van der Waals surface area (Å²) in [5.41, 5.74) is 0. The van der Waals surface area contributed by atoms with Crippen molar-refractivity contribution in [3.05, 3.63) is 0 Å². The molecule has 0 heterocycles. The molecule has 0 aromatic heterocycles. The van der Waals surface area contributed by atoms with Crippen LogP contribution >= 0.6 is 0 Å². The van der Waals surface area contributed by atoms with Gasteiger partial charge in [0.15, 0.2) is 0 Å². The summed E-state index contributed by atoms with van der Waals surface area (Å²) in [6, 6.07) is -2.15. The van der Waals surface area contributed by atoms with Gasteiger partial charge < -0.3 is 26.2 Å². The lowest BCUT2D eigenvalue weighted by molar-refractivity contribution is -0.140. The summed E-state index contributed by atoms with van der Waals surface area (Å²) >= 11 is 0. The smallest absolute Gasteiger partial charge is 0.326 e. The van der Waals surface area contributed by atoms with E-state index in [0.29, 0.717) is 6.54 Å². The Morgan fingerprint density at radius 3 is 2.25 bits per heavy atom. The average Bonchev–Trinajstić information content (AvgIpc) is 2.38. The minimum atomic E-state index is -1.34. The van der Waals surface area contributed by atoms with Crippen molar-refractivity contribution < 1.29 is 29.4 Å². The number of carboxylic acids is 2. The van der Waals surface area contributed by atoms with Crippen LogP contribution in [0, 0.1) is 0 Å². The number of carboxylic acid groups (broad SMARTS) is 2. The van der Waals surface area contributed by atoms with Crippen molar-refractivity contribution in [1.29, 1.82) is 0 Å². The lowest BCUT2D eigenvalue weighted by Gasteiger charge is -2.14. The number of amides is 3. The fourth-order valence-corrected chi connectivity index (χ4v) is 1.22. The number of nitrogens with one attached hydrogen (secondary N) is 3. The van der Waals surface area contributed by atoms with Crippen molar-refractivity contribution in [3.63, 3.8) is 0 Å². The first-order valence-corrected chi connectivity index (χ1v) is 6.12. The third kappa shape index (κ3) is 8.72. The van der Waals surface area contributed by atoms with E-state index in [1.54, 1.807) is 0 Å². The second kappa shape index (κ2) is 9.59. The van der Waals surface area contributed by atoms with Gasteiger partial charge in [-0.25, -0.2) is 9.59 Å². The van der Waals surface area contributed by atoms with Crippen LogP contribution in [0.1, 0.15) is 26.2 Å². The van der Waals surface area contributed by atoms with E-state index in [1.807, 2.05) is 6.92 Å². The Morgan fingerprint density at radius 2 is 1.75 bits per heavy atom. The molecule has 0 aliphatic carbocycles. The topological polar surface area (TPSA) is 145 Å². The van der Waals surface area contributed by atoms with E-state index in [1.165, 1.54) is 0 Å². The van der Waals surface area contributed by atoms with E-state index >= 15 is 0 Å². The van der Waals surface area contributed by atoms with Crippen molar-refractivity contribution in [3.8, 4) is 0 Å². The molecule has 9 heteroatoms. The number of aliphatic carboxylic acids is 2. The van der Waals surface area contributed by atoms with Crippen LogP contribution in [0.3, 0.4) is 0 Å². The number of hydrogen-bond donors (Lipinski definition) is 5. The van der Waals surface area contributed by atoms with Crippen LogP contribution in [0.25, 0.3) is 0 Å². The van der Waals surface area contributed by atoms with E-state index in [-0.39, 0.29) is 25.3 Å². The molecule has 0 aromatic carbocycles. The predicted molar refractivity (Wildman–Crippen MR) is 68.1 cm³/mol. The minimum absolute atomic E-state index is 0.236. The standard InChI is InChI=1S/C11H19N3O6/c1-2-5-12-8(15)6-13-11(20)14-7(10(18)19)3-4-9(16)17/h7H,2-6H2,1H3,(H,12,15)(H,16,17)(H,18,19)(H2,13,14,20). The Balaban J connectivity index is 4.10. The summed E-state index contributed by atoms with van der Waals surface area (Å²) in [7, 11) is 0.